The van der Waals surface area contributed by atoms with Gasteiger partial charge in [0.2, 0.25) is 0 Å². The number of benzene rings is 2. The number of halogens is 2. The lowest BCUT2D eigenvalue weighted by Crippen LogP contribution is -2.17. The first-order valence-electron chi connectivity index (χ1n) is 6.89. The second kappa shape index (κ2) is 5.71. The van der Waals surface area contributed by atoms with Crippen LogP contribution in [0.25, 0.3) is 0 Å². The van der Waals surface area contributed by atoms with Crippen LogP contribution in [0.4, 0.5) is 8.78 Å². The van der Waals surface area contributed by atoms with Gasteiger partial charge in [-0.1, -0.05) is 48.5 Å². The van der Waals surface area contributed by atoms with Crippen molar-refractivity contribution in [3.05, 3.63) is 71.3 Å². The summed E-state index contributed by atoms with van der Waals surface area (Å²) >= 11 is 0. The molecule has 2 aromatic rings. The Balaban J connectivity index is 1.55. The molecule has 0 radical (unpaired) electrons. The van der Waals surface area contributed by atoms with E-state index in [4.69, 9.17) is 0 Å². The van der Waals surface area contributed by atoms with E-state index in [0.717, 1.165) is 12.0 Å². The third-order valence-corrected chi connectivity index (χ3v) is 3.79. The fraction of sp³-hybridized carbons (Fsp3) is 0.294. The number of rotatable bonds is 5. The first-order valence-corrected chi connectivity index (χ1v) is 6.89. The van der Waals surface area contributed by atoms with Gasteiger partial charge in [-0.3, -0.25) is 0 Å². The molecule has 2 atom stereocenters. The van der Waals surface area contributed by atoms with E-state index in [0.29, 0.717) is 18.5 Å². The molecule has 1 aliphatic carbocycles. The summed E-state index contributed by atoms with van der Waals surface area (Å²) in [6.45, 7) is 0.647. The lowest BCUT2D eigenvalue weighted by molar-refractivity contribution is 0.151. The van der Waals surface area contributed by atoms with Crippen molar-refractivity contribution in [2.75, 3.05) is 0 Å². The van der Waals surface area contributed by atoms with Gasteiger partial charge in [0.15, 0.2) is 0 Å². The van der Waals surface area contributed by atoms with Crippen LogP contribution in [0.3, 0.4) is 0 Å². The number of hydrogen-bond acceptors (Lipinski definition) is 1. The Morgan fingerprint density at radius 2 is 1.85 bits per heavy atom. The molecule has 0 heterocycles. The maximum atomic E-state index is 12.6. The Bertz CT molecular complexity index is 568. The van der Waals surface area contributed by atoms with Gasteiger partial charge < -0.3 is 5.32 Å². The van der Waals surface area contributed by atoms with Crippen LogP contribution in [0.2, 0.25) is 0 Å². The van der Waals surface area contributed by atoms with Crippen LogP contribution in [0.1, 0.15) is 35.5 Å². The molecular weight excluding hydrogens is 256 g/mol. The van der Waals surface area contributed by atoms with Crippen molar-refractivity contribution in [3.63, 3.8) is 0 Å². The maximum absolute atomic E-state index is 12.6. The van der Waals surface area contributed by atoms with Crippen LogP contribution < -0.4 is 5.32 Å². The Hall–Kier alpha value is -1.74. The highest BCUT2D eigenvalue weighted by Gasteiger charge is 2.37. The molecule has 2 unspecified atom stereocenters. The molecule has 1 fully saturated rings. The molecule has 2 aromatic carbocycles. The number of alkyl halides is 2. The van der Waals surface area contributed by atoms with Gasteiger partial charge >= 0.3 is 0 Å². The SMILES string of the molecule is FC(F)c1cccc(CNC2CC2c2ccccc2)c1. The van der Waals surface area contributed by atoms with Gasteiger partial charge in [0.25, 0.3) is 6.43 Å². The first-order chi connectivity index (χ1) is 9.74. The van der Waals surface area contributed by atoms with E-state index < -0.39 is 6.43 Å². The molecule has 1 aliphatic rings. The summed E-state index contributed by atoms with van der Waals surface area (Å²) in [4.78, 5) is 0. The van der Waals surface area contributed by atoms with Crippen LogP contribution in [0, 0.1) is 0 Å². The van der Waals surface area contributed by atoms with Crippen molar-refractivity contribution in [3.8, 4) is 0 Å². The molecule has 0 amide bonds. The predicted octanol–water partition coefficient (Wildman–Crippen LogP) is 4.27. The van der Waals surface area contributed by atoms with Crippen molar-refractivity contribution < 1.29 is 8.78 Å². The molecule has 1 N–H and O–H groups in total. The summed E-state index contributed by atoms with van der Waals surface area (Å²) in [6, 6.07) is 17.5. The van der Waals surface area contributed by atoms with E-state index in [9.17, 15) is 8.78 Å². The maximum Gasteiger partial charge on any atom is 0.263 e. The van der Waals surface area contributed by atoms with E-state index in [2.05, 4.69) is 29.6 Å². The van der Waals surface area contributed by atoms with Crippen molar-refractivity contribution in [1.29, 1.82) is 0 Å². The topological polar surface area (TPSA) is 12.0 Å². The zero-order valence-corrected chi connectivity index (χ0v) is 11.1. The normalized spacial score (nSPS) is 21.1. The molecule has 0 spiro atoms. The third-order valence-electron chi connectivity index (χ3n) is 3.79. The van der Waals surface area contributed by atoms with Crippen molar-refractivity contribution in [2.24, 2.45) is 0 Å². The standard InChI is InChI=1S/C17H17F2N/c18-17(19)14-8-4-5-12(9-14)11-20-16-10-15(16)13-6-2-1-3-7-13/h1-9,15-17,20H,10-11H2. The van der Waals surface area contributed by atoms with Crippen LogP contribution in [-0.2, 0) is 6.54 Å². The highest BCUT2D eigenvalue weighted by atomic mass is 19.3. The van der Waals surface area contributed by atoms with Gasteiger partial charge in [-0.05, 0) is 23.6 Å². The average molecular weight is 273 g/mol. The molecule has 1 nitrogen and oxygen atoms in total. The number of hydrogen-bond donors (Lipinski definition) is 1. The van der Waals surface area contributed by atoms with E-state index in [-0.39, 0.29) is 5.56 Å². The molecule has 0 aliphatic heterocycles. The van der Waals surface area contributed by atoms with Gasteiger partial charge in [-0.25, -0.2) is 8.78 Å². The Morgan fingerprint density at radius 3 is 2.60 bits per heavy atom. The summed E-state index contributed by atoms with van der Waals surface area (Å²) in [5, 5.41) is 3.44. The van der Waals surface area contributed by atoms with Crippen LogP contribution in [-0.4, -0.2) is 6.04 Å². The fourth-order valence-electron chi connectivity index (χ4n) is 2.58. The second-order valence-corrected chi connectivity index (χ2v) is 5.29. The van der Waals surface area contributed by atoms with Gasteiger partial charge in [0.1, 0.15) is 0 Å². The van der Waals surface area contributed by atoms with Gasteiger partial charge in [0, 0.05) is 24.1 Å². The molecule has 20 heavy (non-hydrogen) atoms. The summed E-state index contributed by atoms with van der Waals surface area (Å²) in [5.41, 5.74) is 2.37. The molecular formula is C17H17F2N. The molecule has 1 saturated carbocycles. The summed E-state index contributed by atoms with van der Waals surface area (Å²) in [5.74, 6) is 0.564. The minimum absolute atomic E-state index is 0.0970. The van der Waals surface area contributed by atoms with Crippen LogP contribution >= 0.6 is 0 Å². The van der Waals surface area contributed by atoms with Crippen molar-refractivity contribution in [1.82, 2.24) is 5.32 Å². The van der Waals surface area contributed by atoms with E-state index >= 15 is 0 Å². The third kappa shape index (κ3) is 3.05. The Kier molecular flexibility index (Phi) is 3.79. The van der Waals surface area contributed by atoms with Crippen LogP contribution in [0.15, 0.2) is 54.6 Å². The Labute approximate surface area is 117 Å². The lowest BCUT2D eigenvalue weighted by atomic mass is 10.1. The smallest absolute Gasteiger partial charge is 0.263 e. The highest BCUT2D eigenvalue weighted by molar-refractivity contribution is 5.28. The zero-order chi connectivity index (χ0) is 13.9. The molecule has 0 bridgehead atoms. The quantitative estimate of drug-likeness (QED) is 0.857. The minimum Gasteiger partial charge on any atom is -0.309 e. The first kappa shape index (κ1) is 13.3. The largest absolute Gasteiger partial charge is 0.309 e. The highest BCUT2D eigenvalue weighted by Crippen LogP contribution is 2.40. The number of nitrogens with one attached hydrogen (secondary N) is 1. The molecule has 0 saturated heterocycles. The monoisotopic (exact) mass is 273 g/mol. The van der Waals surface area contributed by atoms with E-state index in [1.807, 2.05) is 12.1 Å². The molecule has 104 valence electrons. The van der Waals surface area contributed by atoms with Crippen LogP contribution in [0.5, 0.6) is 0 Å². The van der Waals surface area contributed by atoms with E-state index in [1.54, 1.807) is 12.1 Å². The van der Waals surface area contributed by atoms with Crippen molar-refractivity contribution in [2.45, 2.75) is 31.4 Å². The zero-order valence-electron chi connectivity index (χ0n) is 11.1. The van der Waals surface area contributed by atoms with Gasteiger partial charge in [-0.15, -0.1) is 0 Å². The molecule has 3 heteroatoms. The van der Waals surface area contributed by atoms with Gasteiger partial charge in [0.05, 0.1) is 0 Å². The lowest BCUT2D eigenvalue weighted by Gasteiger charge is -2.07. The van der Waals surface area contributed by atoms with Crippen molar-refractivity contribution >= 4 is 0 Å². The fourth-order valence-corrected chi connectivity index (χ4v) is 2.58. The summed E-state index contributed by atoms with van der Waals surface area (Å²) in [6.07, 6.45) is -1.27. The molecule has 3 rings (SSSR count). The second-order valence-electron chi connectivity index (χ2n) is 5.29. The minimum atomic E-state index is -2.40. The molecule has 0 aromatic heterocycles. The summed E-state index contributed by atoms with van der Waals surface area (Å²) in [7, 11) is 0. The average Bonchev–Trinajstić information content (AvgIpc) is 3.26. The Morgan fingerprint density at radius 1 is 1.05 bits per heavy atom. The van der Waals surface area contributed by atoms with Gasteiger partial charge in [-0.2, -0.15) is 0 Å². The predicted molar refractivity (Wildman–Crippen MR) is 75.8 cm³/mol. The summed E-state index contributed by atoms with van der Waals surface area (Å²) < 4.78 is 25.2. The van der Waals surface area contributed by atoms with E-state index in [1.165, 1.54) is 11.6 Å².